The van der Waals surface area contributed by atoms with E-state index in [4.69, 9.17) is 5.73 Å². The summed E-state index contributed by atoms with van der Waals surface area (Å²) in [6, 6.07) is 8.00. The van der Waals surface area contributed by atoms with E-state index in [9.17, 15) is 9.59 Å². The Labute approximate surface area is 125 Å². The van der Waals surface area contributed by atoms with Gasteiger partial charge in [-0.2, -0.15) is 0 Å². The Morgan fingerprint density at radius 2 is 2.10 bits per heavy atom. The molecule has 0 aliphatic carbocycles. The van der Waals surface area contributed by atoms with Crippen LogP contribution in [0, 0.1) is 11.8 Å². The molecule has 2 amide bonds. The Bertz CT molecular complexity index is 528. The third-order valence-corrected chi connectivity index (χ3v) is 3.62. The number of fused-ring (bicyclic) bond motifs is 1. The number of nitrogens with two attached hydrogens (primary N) is 1. The molecule has 1 aliphatic heterocycles. The average molecular weight is 289 g/mol. The minimum atomic E-state index is -0.465. The lowest BCUT2D eigenvalue weighted by Crippen LogP contribution is -2.46. The van der Waals surface area contributed by atoms with E-state index in [1.54, 1.807) is 4.90 Å². The Hall–Kier alpha value is -2.04. The van der Waals surface area contributed by atoms with Crippen LogP contribution in [0.15, 0.2) is 24.3 Å². The number of carbonyl (C=O) groups excluding carboxylic acids is 2. The van der Waals surface area contributed by atoms with E-state index in [1.807, 2.05) is 38.1 Å². The summed E-state index contributed by atoms with van der Waals surface area (Å²) in [7, 11) is 0. The van der Waals surface area contributed by atoms with Gasteiger partial charge < -0.3 is 16.0 Å². The first-order valence-electron chi connectivity index (χ1n) is 7.36. The average Bonchev–Trinajstić information content (AvgIpc) is 2.44. The van der Waals surface area contributed by atoms with Gasteiger partial charge in [-0.1, -0.05) is 32.0 Å². The standard InChI is InChI=1S/C16H23N3O2/c1-11(2)9-19(10-15(17)20)16(21)13-7-12-5-3-4-6-14(12)18-8-13/h3-6,11,13,18H,7-10H2,1-2H3,(H2,17,20). The Kier molecular flexibility index (Phi) is 4.83. The summed E-state index contributed by atoms with van der Waals surface area (Å²) < 4.78 is 0. The van der Waals surface area contributed by atoms with Gasteiger partial charge in [-0.05, 0) is 24.0 Å². The number of amides is 2. The van der Waals surface area contributed by atoms with Crippen LogP contribution >= 0.6 is 0 Å². The lowest BCUT2D eigenvalue weighted by atomic mass is 9.92. The van der Waals surface area contributed by atoms with Crippen molar-refractivity contribution in [2.45, 2.75) is 20.3 Å². The van der Waals surface area contributed by atoms with Gasteiger partial charge in [-0.15, -0.1) is 0 Å². The lowest BCUT2D eigenvalue weighted by Gasteiger charge is -2.31. The molecular weight excluding hydrogens is 266 g/mol. The molecule has 5 heteroatoms. The Morgan fingerprint density at radius 1 is 1.38 bits per heavy atom. The summed E-state index contributed by atoms with van der Waals surface area (Å²) >= 11 is 0. The van der Waals surface area contributed by atoms with E-state index in [0.29, 0.717) is 25.4 Å². The van der Waals surface area contributed by atoms with Crippen molar-refractivity contribution in [3.05, 3.63) is 29.8 Å². The fraction of sp³-hybridized carbons (Fsp3) is 0.500. The van der Waals surface area contributed by atoms with Gasteiger partial charge >= 0.3 is 0 Å². The summed E-state index contributed by atoms with van der Waals surface area (Å²) in [6.07, 6.45) is 0.704. The van der Waals surface area contributed by atoms with Gasteiger partial charge in [0.2, 0.25) is 11.8 Å². The summed E-state index contributed by atoms with van der Waals surface area (Å²) in [5.41, 5.74) is 7.50. The topological polar surface area (TPSA) is 75.4 Å². The number of nitrogens with one attached hydrogen (secondary N) is 1. The molecule has 1 aromatic rings. The third kappa shape index (κ3) is 3.97. The first kappa shape index (κ1) is 15.4. The van der Waals surface area contributed by atoms with E-state index in [-0.39, 0.29) is 18.4 Å². The minimum Gasteiger partial charge on any atom is -0.384 e. The number of para-hydroxylation sites is 1. The summed E-state index contributed by atoms with van der Waals surface area (Å²) in [5, 5.41) is 3.29. The van der Waals surface area contributed by atoms with E-state index < -0.39 is 5.91 Å². The number of anilines is 1. The second kappa shape index (κ2) is 6.61. The number of carbonyl (C=O) groups is 2. The molecule has 0 fully saturated rings. The molecule has 5 nitrogen and oxygen atoms in total. The first-order valence-corrected chi connectivity index (χ1v) is 7.36. The number of nitrogens with zero attached hydrogens (tertiary/aromatic N) is 1. The monoisotopic (exact) mass is 289 g/mol. The molecule has 2 rings (SSSR count). The molecule has 1 aliphatic rings. The highest BCUT2D eigenvalue weighted by molar-refractivity contribution is 5.86. The van der Waals surface area contributed by atoms with E-state index in [0.717, 1.165) is 11.3 Å². The highest BCUT2D eigenvalue weighted by Gasteiger charge is 2.29. The van der Waals surface area contributed by atoms with Crippen LogP contribution in [0.25, 0.3) is 0 Å². The smallest absolute Gasteiger partial charge is 0.237 e. The maximum Gasteiger partial charge on any atom is 0.237 e. The largest absolute Gasteiger partial charge is 0.384 e. The highest BCUT2D eigenvalue weighted by atomic mass is 16.2. The quantitative estimate of drug-likeness (QED) is 0.856. The predicted molar refractivity (Wildman–Crippen MR) is 82.7 cm³/mol. The third-order valence-electron chi connectivity index (χ3n) is 3.62. The van der Waals surface area contributed by atoms with E-state index in [2.05, 4.69) is 5.32 Å². The molecule has 1 aromatic carbocycles. The van der Waals surface area contributed by atoms with Crippen molar-refractivity contribution in [2.24, 2.45) is 17.6 Å². The minimum absolute atomic E-state index is 0.00417. The fourth-order valence-electron chi connectivity index (χ4n) is 2.74. The fourth-order valence-corrected chi connectivity index (χ4v) is 2.74. The number of benzene rings is 1. The number of hydrogen-bond donors (Lipinski definition) is 2. The van der Waals surface area contributed by atoms with Crippen LogP contribution in [0.1, 0.15) is 19.4 Å². The molecule has 1 heterocycles. The maximum absolute atomic E-state index is 12.7. The molecule has 0 bridgehead atoms. The van der Waals surface area contributed by atoms with Crippen LogP contribution in [0.4, 0.5) is 5.69 Å². The van der Waals surface area contributed by atoms with Crippen molar-refractivity contribution >= 4 is 17.5 Å². The van der Waals surface area contributed by atoms with Crippen molar-refractivity contribution in [1.29, 1.82) is 0 Å². The highest BCUT2D eigenvalue weighted by Crippen LogP contribution is 2.25. The summed E-state index contributed by atoms with van der Waals surface area (Å²) in [6.45, 7) is 5.20. The van der Waals surface area contributed by atoms with Crippen molar-refractivity contribution in [3.63, 3.8) is 0 Å². The SMILES string of the molecule is CC(C)CN(CC(N)=O)C(=O)C1CNc2ccccc2C1. The van der Waals surface area contributed by atoms with Crippen molar-refractivity contribution in [3.8, 4) is 0 Å². The predicted octanol–water partition coefficient (Wildman–Crippen LogP) is 1.24. The van der Waals surface area contributed by atoms with Crippen LogP contribution < -0.4 is 11.1 Å². The van der Waals surface area contributed by atoms with Gasteiger partial charge in [-0.3, -0.25) is 9.59 Å². The van der Waals surface area contributed by atoms with Crippen LogP contribution in [0.2, 0.25) is 0 Å². The summed E-state index contributed by atoms with van der Waals surface area (Å²) in [4.78, 5) is 25.4. The molecule has 0 spiro atoms. The van der Waals surface area contributed by atoms with Crippen LogP contribution in [0.5, 0.6) is 0 Å². The van der Waals surface area contributed by atoms with Gasteiger partial charge in [0.1, 0.15) is 0 Å². The van der Waals surface area contributed by atoms with E-state index >= 15 is 0 Å². The zero-order chi connectivity index (χ0) is 15.4. The molecule has 21 heavy (non-hydrogen) atoms. The van der Waals surface area contributed by atoms with Gasteiger partial charge in [-0.25, -0.2) is 0 Å². The molecule has 0 saturated heterocycles. The number of rotatable bonds is 5. The normalized spacial score (nSPS) is 17.0. The van der Waals surface area contributed by atoms with Gasteiger partial charge in [0, 0.05) is 18.8 Å². The summed E-state index contributed by atoms with van der Waals surface area (Å²) in [5.74, 6) is -0.298. The molecule has 0 saturated carbocycles. The Balaban J connectivity index is 2.09. The molecule has 0 aromatic heterocycles. The van der Waals surface area contributed by atoms with Crippen molar-refractivity contribution in [1.82, 2.24) is 4.90 Å². The number of hydrogen-bond acceptors (Lipinski definition) is 3. The van der Waals surface area contributed by atoms with Gasteiger partial charge in [0.15, 0.2) is 0 Å². The van der Waals surface area contributed by atoms with Crippen LogP contribution in [-0.4, -0.2) is 36.3 Å². The molecular formula is C16H23N3O2. The van der Waals surface area contributed by atoms with Gasteiger partial charge in [0.25, 0.3) is 0 Å². The van der Waals surface area contributed by atoms with Gasteiger partial charge in [0.05, 0.1) is 12.5 Å². The van der Waals surface area contributed by atoms with E-state index in [1.165, 1.54) is 0 Å². The van der Waals surface area contributed by atoms with Crippen molar-refractivity contribution < 1.29 is 9.59 Å². The molecule has 0 radical (unpaired) electrons. The van der Waals surface area contributed by atoms with Crippen LogP contribution in [-0.2, 0) is 16.0 Å². The second-order valence-corrected chi connectivity index (χ2v) is 6.02. The molecule has 1 atom stereocenters. The Morgan fingerprint density at radius 3 is 2.76 bits per heavy atom. The number of primary amides is 1. The first-order chi connectivity index (χ1) is 9.97. The molecule has 1 unspecified atom stereocenters. The second-order valence-electron chi connectivity index (χ2n) is 6.02. The zero-order valence-corrected chi connectivity index (χ0v) is 12.6. The van der Waals surface area contributed by atoms with Crippen LogP contribution in [0.3, 0.4) is 0 Å². The zero-order valence-electron chi connectivity index (χ0n) is 12.6. The molecule has 114 valence electrons. The lowest BCUT2D eigenvalue weighted by molar-refractivity contribution is -0.139. The maximum atomic E-state index is 12.7. The van der Waals surface area contributed by atoms with Crippen molar-refractivity contribution in [2.75, 3.05) is 25.0 Å². The molecule has 3 N–H and O–H groups in total.